The summed E-state index contributed by atoms with van der Waals surface area (Å²) in [6, 6.07) is 15.2. The molecule has 0 saturated carbocycles. The number of hydrogen-bond acceptors (Lipinski definition) is 8. The normalized spacial score (nSPS) is 13.6. The van der Waals surface area contributed by atoms with Gasteiger partial charge in [-0.3, -0.25) is 15.0 Å². The van der Waals surface area contributed by atoms with E-state index in [0.717, 1.165) is 36.5 Å². The van der Waals surface area contributed by atoms with E-state index in [9.17, 15) is 20.5 Å². The van der Waals surface area contributed by atoms with Crippen LogP contribution in [0.5, 0.6) is 11.5 Å². The van der Waals surface area contributed by atoms with E-state index in [1.165, 1.54) is 42.4 Å². The number of hydrogen-bond donors (Lipinski definition) is 1. The van der Waals surface area contributed by atoms with Gasteiger partial charge in [-0.2, -0.15) is 5.26 Å². The van der Waals surface area contributed by atoms with E-state index < -0.39 is 16.4 Å². The molecule has 0 radical (unpaired) electrons. The van der Waals surface area contributed by atoms with Gasteiger partial charge in [0.1, 0.15) is 11.1 Å². The molecular formula is C23H20N4O4S. The summed E-state index contributed by atoms with van der Waals surface area (Å²) in [4.78, 5) is 18.5. The lowest BCUT2D eigenvalue weighted by Gasteiger charge is -2.26. The molecule has 8 nitrogen and oxygen atoms in total. The van der Waals surface area contributed by atoms with Crippen LogP contribution in [-0.2, 0) is 19.5 Å². The minimum Gasteiger partial charge on any atom is -0.500 e. The van der Waals surface area contributed by atoms with Gasteiger partial charge in [0, 0.05) is 42.4 Å². The number of aromatic hydroxyl groups is 1. The van der Waals surface area contributed by atoms with Crippen LogP contribution in [-0.4, -0.2) is 34.8 Å². The molecule has 1 aliphatic rings. The second-order valence-corrected chi connectivity index (χ2v) is 8.43. The Kier molecular flexibility index (Phi) is 6.16. The Morgan fingerprint density at radius 1 is 1.38 bits per heavy atom. The molecule has 0 saturated heterocycles. The predicted molar refractivity (Wildman–Crippen MR) is 122 cm³/mol. The van der Waals surface area contributed by atoms with Crippen LogP contribution in [0.25, 0.3) is 0 Å². The highest BCUT2D eigenvalue weighted by atomic mass is 32.1. The van der Waals surface area contributed by atoms with Gasteiger partial charge < -0.3 is 9.84 Å². The zero-order chi connectivity index (χ0) is 22.7. The fraction of sp³-hybridized carbons (Fsp3) is 0.217. The lowest BCUT2D eigenvalue weighted by molar-refractivity contribution is -0.386. The molecule has 4 rings (SSSR count). The van der Waals surface area contributed by atoms with Gasteiger partial charge in [-0.15, -0.1) is 11.3 Å². The van der Waals surface area contributed by atoms with Crippen molar-refractivity contribution in [1.29, 1.82) is 5.26 Å². The standard InChI is InChI=1S/C23H20N4O4S/c1-31-20-10-16(9-19(22(20)28)27(29)30)12-25-23-18(11-24)17-7-8-26(14-21(17)32-23)13-15-5-3-2-4-6-15/h2-6,9-10,12,28H,7-8,13-14H2,1H3. The fourth-order valence-corrected chi connectivity index (χ4v) is 4.93. The second kappa shape index (κ2) is 9.18. The SMILES string of the molecule is COc1cc(C=Nc2sc3c(c2C#N)CCN(Cc2ccccc2)C3)cc([N+](=O)[O-])c1O. The van der Waals surface area contributed by atoms with Crippen LogP contribution < -0.4 is 4.74 Å². The zero-order valence-electron chi connectivity index (χ0n) is 17.3. The highest BCUT2D eigenvalue weighted by Gasteiger charge is 2.24. The molecule has 2 heterocycles. The summed E-state index contributed by atoms with van der Waals surface area (Å²) in [7, 11) is 1.32. The molecule has 1 aromatic heterocycles. The maximum absolute atomic E-state index is 11.2. The minimum atomic E-state index is -0.679. The number of thiophene rings is 1. The van der Waals surface area contributed by atoms with Gasteiger partial charge in [0.25, 0.3) is 0 Å². The van der Waals surface area contributed by atoms with E-state index in [4.69, 9.17) is 4.74 Å². The van der Waals surface area contributed by atoms with Crippen LogP contribution in [0.3, 0.4) is 0 Å². The first-order chi connectivity index (χ1) is 15.5. The summed E-state index contributed by atoms with van der Waals surface area (Å²) in [5.41, 5.74) is 2.76. The number of fused-ring (bicyclic) bond motifs is 1. The molecule has 0 aliphatic carbocycles. The number of methoxy groups -OCH3 is 1. The highest BCUT2D eigenvalue weighted by molar-refractivity contribution is 7.16. The summed E-state index contributed by atoms with van der Waals surface area (Å²) in [6.45, 7) is 2.45. The van der Waals surface area contributed by atoms with Gasteiger partial charge in [-0.1, -0.05) is 30.3 Å². The van der Waals surface area contributed by atoms with Crippen LogP contribution in [0, 0.1) is 21.4 Å². The molecular weight excluding hydrogens is 428 g/mol. The largest absolute Gasteiger partial charge is 0.500 e. The summed E-state index contributed by atoms with van der Waals surface area (Å²) in [5, 5.41) is 31.4. The van der Waals surface area contributed by atoms with Crippen molar-refractivity contribution < 1.29 is 14.8 Å². The van der Waals surface area contributed by atoms with Crippen LogP contribution in [0.2, 0.25) is 0 Å². The Morgan fingerprint density at radius 3 is 2.84 bits per heavy atom. The predicted octanol–water partition coefficient (Wildman–Crippen LogP) is 4.55. The molecule has 162 valence electrons. The first-order valence-electron chi connectivity index (χ1n) is 9.90. The Labute approximate surface area is 188 Å². The lowest BCUT2D eigenvalue weighted by Crippen LogP contribution is -2.29. The molecule has 2 aromatic carbocycles. The van der Waals surface area contributed by atoms with Crippen molar-refractivity contribution in [3.63, 3.8) is 0 Å². The van der Waals surface area contributed by atoms with Crippen LogP contribution in [0.15, 0.2) is 47.5 Å². The fourth-order valence-electron chi connectivity index (χ4n) is 3.74. The van der Waals surface area contributed by atoms with Crippen molar-refractivity contribution in [3.8, 4) is 17.6 Å². The average molecular weight is 449 g/mol. The highest BCUT2D eigenvalue weighted by Crippen LogP contribution is 2.40. The van der Waals surface area contributed by atoms with Gasteiger partial charge in [-0.25, -0.2) is 4.99 Å². The van der Waals surface area contributed by atoms with E-state index in [1.807, 2.05) is 18.2 Å². The third-order valence-electron chi connectivity index (χ3n) is 5.30. The Balaban J connectivity index is 1.60. The Bertz CT molecular complexity index is 1230. The molecule has 0 atom stereocenters. The molecule has 0 unspecified atom stereocenters. The zero-order valence-corrected chi connectivity index (χ0v) is 18.1. The van der Waals surface area contributed by atoms with Crippen molar-refractivity contribution in [2.45, 2.75) is 19.5 Å². The number of ether oxygens (including phenoxy) is 1. The van der Waals surface area contributed by atoms with E-state index in [1.54, 1.807) is 0 Å². The van der Waals surface area contributed by atoms with Crippen molar-refractivity contribution in [1.82, 2.24) is 4.90 Å². The number of nitro groups is 1. The number of nitriles is 1. The minimum absolute atomic E-state index is 0.0109. The third kappa shape index (κ3) is 4.32. The molecule has 32 heavy (non-hydrogen) atoms. The number of nitro benzene ring substituents is 1. The van der Waals surface area contributed by atoms with Crippen LogP contribution in [0.1, 0.15) is 27.1 Å². The quantitative estimate of drug-likeness (QED) is 0.336. The first kappa shape index (κ1) is 21.5. The molecule has 0 fully saturated rings. The smallest absolute Gasteiger partial charge is 0.315 e. The van der Waals surface area contributed by atoms with Crippen molar-refractivity contribution in [2.24, 2.45) is 4.99 Å². The molecule has 0 spiro atoms. The number of aliphatic imine (C=N–C) groups is 1. The van der Waals surface area contributed by atoms with E-state index >= 15 is 0 Å². The van der Waals surface area contributed by atoms with Crippen LogP contribution in [0.4, 0.5) is 10.7 Å². The number of phenolic OH excluding ortho intramolecular Hbond substituents is 1. The van der Waals surface area contributed by atoms with E-state index in [2.05, 4.69) is 28.1 Å². The van der Waals surface area contributed by atoms with E-state index in [0.29, 0.717) is 16.1 Å². The monoisotopic (exact) mass is 448 g/mol. The summed E-state index contributed by atoms with van der Waals surface area (Å²) in [6.07, 6.45) is 2.23. The molecule has 1 aliphatic heterocycles. The van der Waals surface area contributed by atoms with Crippen molar-refractivity contribution >= 4 is 28.2 Å². The number of nitrogens with zero attached hydrogens (tertiary/aromatic N) is 4. The van der Waals surface area contributed by atoms with Crippen molar-refractivity contribution in [3.05, 3.63) is 79.7 Å². The number of phenols is 1. The molecule has 1 N–H and O–H groups in total. The molecule has 0 bridgehead atoms. The van der Waals surface area contributed by atoms with Gasteiger partial charge in [0.15, 0.2) is 5.75 Å². The average Bonchev–Trinajstić information content (AvgIpc) is 3.15. The topological polar surface area (TPSA) is 112 Å². The van der Waals surface area contributed by atoms with Crippen LogP contribution >= 0.6 is 11.3 Å². The van der Waals surface area contributed by atoms with Gasteiger partial charge in [-0.05, 0) is 23.6 Å². The molecule has 9 heteroatoms. The van der Waals surface area contributed by atoms with Gasteiger partial charge in [0.05, 0.1) is 17.6 Å². The van der Waals surface area contributed by atoms with Crippen molar-refractivity contribution in [2.75, 3.05) is 13.7 Å². The summed E-state index contributed by atoms with van der Waals surface area (Å²) < 4.78 is 5.03. The Hall–Kier alpha value is -3.74. The number of benzene rings is 2. The maximum atomic E-state index is 11.2. The van der Waals surface area contributed by atoms with Gasteiger partial charge >= 0.3 is 5.69 Å². The Morgan fingerprint density at radius 2 is 2.16 bits per heavy atom. The van der Waals surface area contributed by atoms with Gasteiger partial charge in [0.2, 0.25) is 5.75 Å². The first-order valence-corrected chi connectivity index (χ1v) is 10.7. The third-order valence-corrected chi connectivity index (χ3v) is 6.43. The van der Waals surface area contributed by atoms with E-state index in [-0.39, 0.29) is 5.75 Å². The lowest BCUT2D eigenvalue weighted by atomic mass is 10.0. The number of rotatable bonds is 6. The summed E-state index contributed by atoms with van der Waals surface area (Å²) in [5.74, 6) is -0.541. The maximum Gasteiger partial charge on any atom is 0.315 e. The molecule has 3 aromatic rings. The summed E-state index contributed by atoms with van der Waals surface area (Å²) >= 11 is 1.47. The molecule has 0 amide bonds. The second-order valence-electron chi connectivity index (χ2n) is 7.35.